The van der Waals surface area contributed by atoms with Gasteiger partial charge in [-0.1, -0.05) is 37.3 Å². The van der Waals surface area contributed by atoms with Crippen molar-refractivity contribution in [2.45, 2.75) is 25.8 Å². The van der Waals surface area contributed by atoms with Crippen molar-refractivity contribution in [3.63, 3.8) is 0 Å². The Morgan fingerprint density at radius 1 is 0.913 bits per heavy atom. The molecule has 0 fully saturated rings. The van der Waals surface area contributed by atoms with E-state index in [4.69, 9.17) is 14.2 Å². The highest BCUT2D eigenvalue weighted by Crippen LogP contribution is 2.05. The zero-order valence-corrected chi connectivity index (χ0v) is 14.1. The summed E-state index contributed by atoms with van der Waals surface area (Å²) in [6.07, 6.45) is 2.14. The first-order valence-corrected chi connectivity index (χ1v) is 8.43. The molecule has 1 N–H and O–H groups in total. The molecule has 132 valence electrons. The molecule has 1 aromatic carbocycles. The second-order valence-corrected chi connectivity index (χ2v) is 5.28. The van der Waals surface area contributed by atoms with E-state index >= 15 is 0 Å². The summed E-state index contributed by atoms with van der Waals surface area (Å²) in [4.78, 5) is 0. The summed E-state index contributed by atoms with van der Waals surface area (Å²) in [7, 11) is 0. The van der Waals surface area contributed by atoms with Crippen molar-refractivity contribution in [2.75, 3.05) is 52.9 Å². The molecule has 1 aromatic rings. The number of hydrogen-bond donors (Lipinski definition) is 1. The molecule has 1 unspecified atom stereocenters. The van der Waals surface area contributed by atoms with Gasteiger partial charge in [-0.05, 0) is 18.4 Å². The fourth-order valence-corrected chi connectivity index (χ4v) is 2.19. The highest BCUT2D eigenvalue weighted by atomic mass is 19.1. The van der Waals surface area contributed by atoms with E-state index in [1.807, 2.05) is 6.07 Å². The topological polar surface area (TPSA) is 39.7 Å². The molecule has 0 radical (unpaired) electrons. The predicted molar refractivity (Wildman–Crippen MR) is 90.7 cm³/mol. The standard InChI is InChI=1S/C18H30FNO3/c1-2-18(16-17-6-4-3-5-7-17)20-9-11-22-13-15-23-14-12-21-10-8-19/h3-7,18,20H,2,8-16H2,1H3. The largest absolute Gasteiger partial charge is 0.378 e. The van der Waals surface area contributed by atoms with Gasteiger partial charge in [-0.15, -0.1) is 0 Å². The summed E-state index contributed by atoms with van der Waals surface area (Å²) < 4.78 is 27.6. The second kappa shape index (κ2) is 14.6. The van der Waals surface area contributed by atoms with Crippen molar-refractivity contribution >= 4 is 0 Å². The number of nitrogens with one attached hydrogen (secondary N) is 1. The minimum atomic E-state index is -0.445. The molecule has 0 aromatic heterocycles. The average molecular weight is 327 g/mol. The molecule has 0 aliphatic rings. The van der Waals surface area contributed by atoms with Crippen LogP contribution in [0.15, 0.2) is 30.3 Å². The van der Waals surface area contributed by atoms with Crippen molar-refractivity contribution in [3.8, 4) is 0 Å². The monoisotopic (exact) mass is 327 g/mol. The molecular weight excluding hydrogens is 297 g/mol. The molecule has 0 spiro atoms. The predicted octanol–water partition coefficient (Wildman–Crippen LogP) is 2.62. The second-order valence-electron chi connectivity index (χ2n) is 5.28. The third-order valence-corrected chi connectivity index (χ3v) is 3.46. The minimum absolute atomic E-state index is 0.146. The number of benzene rings is 1. The molecule has 0 saturated carbocycles. The summed E-state index contributed by atoms with van der Waals surface area (Å²) in [5, 5.41) is 3.52. The van der Waals surface area contributed by atoms with Crippen LogP contribution in [0, 0.1) is 0 Å². The van der Waals surface area contributed by atoms with Crippen LogP contribution in [-0.2, 0) is 20.6 Å². The summed E-state index contributed by atoms with van der Waals surface area (Å²) in [5.74, 6) is 0. The van der Waals surface area contributed by atoms with Crippen LogP contribution in [0.4, 0.5) is 4.39 Å². The maximum absolute atomic E-state index is 11.8. The Morgan fingerprint density at radius 2 is 1.52 bits per heavy atom. The fourth-order valence-electron chi connectivity index (χ4n) is 2.19. The summed E-state index contributed by atoms with van der Waals surface area (Å²) in [6.45, 7) is 5.44. The van der Waals surface area contributed by atoms with Crippen molar-refractivity contribution in [1.29, 1.82) is 0 Å². The zero-order chi connectivity index (χ0) is 16.6. The fraction of sp³-hybridized carbons (Fsp3) is 0.667. The lowest BCUT2D eigenvalue weighted by atomic mass is 10.0. The number of hydrogen-bond acceptors (Lipinski definition) is 4. The van der Waals surface area contributed by atoms with Gasteiger partial charge >= 0.3 is 0 Å². The third kappa shape index (κ3) is 11.2. The Kier molecular flexibility index (Phi) is 12.7. The van der Waals surface area contributed by atoms with E-state index in [9.17, 15) is 4.39 Å². The highest BCUT2D eigenvalue weighted by molar-refractivity contribution is 5.15. The Balaban J connectivity index is 1.93. The maximum Gasteiger partial charge on any atom is 0.113 e. The lowest BCUT2D eigenvalue weighted by Gasteiger charge is -2.17. The maximum atomic E-state index is 11.8. The van der Waals surface area contributed by atoms with Crippen LogP contribution >= 0.6 is 0 Å². The molecule has 0 aliphatic heterocycles. The van der Waals surface area contributed by atoms with Gasteiger partial charge in [0.25, 0.3) is 0 Å². The molecular formula is C18H30FNO3. The van der Waals surface area contributed by atoms with E-state index in [1.54, 1.807) is 0 Å². The molecule has 23 heavy (non-hydrogen) atoms. The third-order valence-electron chi connectivity index (χ3n) is 3.46. The first-order chi connectivity index (χ1) is 11.4. The quantitative estimate of drug-likeness (QED) is 0.503. The van der Waals surface area contributed by atoms with Gasteiger partial charge in [0.05, 0.1) is 39.6 Å². The van der Waals surface area contributed by atoms with Crippen LogP contribution in [-0.4, -0.2) is 58.9 Å². The molecule has 5 heteroatoms. The van der Waals surface area contributed by atoms with Gasteiger partial charge < -0.3 is 19.5 Å². The van der Waals surface area contributed by atoms with Crippen LogP contribution in [0.25, 0.3) is 0 Å². The molecule has 0 bridgehead atoms. The molecule has 0 aliphatic carbocycles. The lowest BCUT2D eigenvalue weighted by molar-refractivity contribution is 0.0126. The van der Waals surface area contributed by atoms with E-state index < -0.39 is 6.67 Å². The van der Waals surface area contributed by atoms with E-state index in [1.165, 1.54) is 5.56 Å². The molecule has 0 amide bonds. The Morgan fingerprint density at radius 3 is 2.13 bits per heavy atom. The van der Waals surface area contributed by atoms with Crippen LogP contribution in [0.3, 0.4) is 0 Å². The van der Waals surface area contributed by atoms with Gasteiger partial charge in [-0.3, -0.25) is 0 Å². The Hall–Kier alpha value is -1.01. The molecule has 4 nitrogen and oxygen atoms in total. The van der Waals surface area contributed by atoms with Gasteiger partial charge in [0.2, 0.25) is 0 Å². The van der Waals surface area contributed by atoms with Gasteiger partial charge in [0, 0.05) is 12.6 Å². The Labute approximate surface area is 139 Å². The summed E-state index contributed by atoms with van der Waals surface area (Å²) in [6, 6.07) is 11.0. The first-order valence-electron chi connectivity index (χ1n) is 8.43. The summed E-state index contributed by atoms with van der Waals surface area (Å²) >= 11 is 0. The molecule has 0 saturated heterocycles. The van der Waals surface area contributed by atoms with Gasteiger partial charge in [-0.25, -0.2) is 4.39 Å². The molecule has 1 atom stereocenters. The molecule has 0 heterocycles. The van der Waals surface area contributed by atoms with E-state index in [2.05, 4.69) is 36.5 Å². The van der Waals surface area contributed by atoms with Crippen LogP contribution < -0.4 is 5.32 Å². The van der Waals surface area contributed by atoms with Gasteiger partial charge in [0.1, 0.15) is 6.67 Å². The first kappa shape index (κ1) is 20.0. The normalized spacial score (nSPS) is 12.4. The number of alkyl halides is 1. The van der Waals surface area contributed by atoms with Crippen molar-refractivity contribution < 1.29 is 18.6 Å². The van der Waals surface area contributed by atoms with E-state index in [0.29, 0.717) is 39.1 Å². The van der Waals surface area contributed by atoms with Gasteiger partial charge in [0.15, 0.2) is 0 Å². The Bertz CT molecular complexity index is 365. The van der Waals surface area contributed by atoms with Crippen LogP contribution in [0.5, 0.6) is 0 Å². The lowest BCUT2D eigenvalue weighted by Crippen LogP contribution is -2.33. The number of halogens is 1. The van der Waals surface area contributed by atoms with Crippen molar-refractivity contribution in [3.05, 3.63) is 35.9 Å². The van der Waals surface area contributed by atoms with E-state index in [-0.39, 0.29) is 6.61 Å². The zero-order valence-electron chi connectivity index (χ0n) is 14.1. The van der Waals surface area contributed by atoms with Crippen molar-refractivity contribution in [2.24, 2.45) is 0 Å². The highest BCUT2D eigenvalue weighted by Gasteiger charge is 2.05. The molecule has 1 rings (SSSR count). The van der Waals surface area contributed by atoms with Gasteiger partial charge in [-0.2, -0.15) is 0 Å². The average Bonchev–Trinajstić information content (AvgIpc) is 2.59. The number of ether oxygens (including phenoxy) is 3. The SMILES string of the molecule is CCC(Cc1ccccc1)NCCOCCOCCOCCF. The summed E-state index contributed by atoms with van der Waals surface area (Å²) in [5.41, 5.74) is 1.36. The number of rotatable bonds is 15. The van der Waals surface area contributed by atoms with Crippen molar-refractivity contribution in [1.82, 2.24) is 5.32 Å². The van der Waals surface area contributed by atoms with Crippen LogP contribution in [0.2, 0.25) is 0 Å². The van der Waals surface area contributed by atoms with Crippen LogP contribution in [0.1, 0.15) is 18.9 Å². The smallest absolute Gasteiger partial charge is 0.113 e. The minimum Gasteiger partial charge on any atom is -0.378 e. The van der Waals surface area contributed by atoms with E-state index in [0.717, 1.165) is 19.4 Å².